The Hall–Kier alpha value is -2.98. The van der Waals surface area contributed by atoms with E-state index in [9.17, 15) is 18.3 Å². The lowest BCUT2D eigenvalue weighted by molar-refractivity contribution is -0.141. The molecule has 0 aliphatic heterocycles. The Morgan fingerprint density at radius 3 is 2.16 bits per heavy atom. The number of aryl methyl sites for hydroxylation is 1. The molecule has 0 saturated carbocycles. The summed E-state index contributed by atoms with van der Waals surface area (Å²) in [6.07, 6.45) is 0.830. The van der Waals surface area contributed by atoms with Crippen LogP contribution in [0.15, 0.2) is 83.3 Å². The molecular weight excluding hydrogens is 578 g/mol. The predicted octanol–water partition coefficient (Wildman–Crippen LogP) is 5.92. The number of carboxylic acids is 1. The lowest BCUT2D eigenvalue weighted by Crippen LogP contribution is -2.46. The SMILES string of the molecule is CCc1ccc(-c2c(Br)c(-c3ccc(Cl)cc3)nn2S(=O)(=O)N(C)[C@@H](Cc2ccccc2)C(=O)O)cc1. The van der Waals surface area contributed by atoms with Gasteiger partial charge in [-0.05, 0) is 52.0 Å². The fraction of sp³-hybridized carbons (Fsp3) is 0.185. The van der Waals surface area contributed by atoms with Gasteiger partial charge < -0.3 is 5.11 Å². The number of benzene rings is 3. The molecule has 10 heteroatoms. The Morgan fingerprint density at radius 1 is 1.00 bits per heavy atom. The first-order valence-electron chi connectivity index (χ1n) is 11.5. The predicted molar refractivity (Wildman–Crippen MR) is 149 cm³/mol. The first kappa shape index (κ1) is 27.1. The summed E-state index contributed by atoms with van der Waals surface area (Å²) in [5.41, 5.74) is 3.75. The van der Waals surface area contributed by atoms with E-state index in [4.69, 9.17) is 11.6 Å². The van der Waals surface area contributed by atoms with Crippen molar-refractivity contribution < 1.29 is 18.3 Å². The number of carbonyl (C=O) groups is 1. The van der Waals surface area contributed by atoms with Crippen LogP contribution in [0.3, 0.4) is 0 Å². The lowest BCUT2D eigenvalue weighted by Gasteiger charge is -2.25. The van der Waals surface area contributed by atoms with E-state index in [1.165, 1.54) is 7.05 Å². The summed E-state index contributed by atoms with van der Waals surface area (Å²) in [5, 5.41) is 15.0. The second kappa shape index (κ2) is 11.2. The molecule has 0 radical (unpaired) electrons. The van der Waals surface area contributed by atoms with Gasteiger partial charge in [0, 0.05) is 23.2 Å². The average Bonchev–Trinajstić information content (AvgIpc) is 3.25. The highest BCUT2D eigenvalue weighted by Crippen LogP contribution is 2.38. The maximum atomic E-state index is 14.0. The topological polar surface area (TPSA) is 92.5 Å². The highest BCUT2D eigenvalue weighted by Gasteiger charge is 2.36. The Morgan fingerprint density at radius 2 is 1.59 bits per heavy atom. The fourth-order valence-corrected chi connectivity index (χ4v) is 6.26. The van der Waals surface area contributed by atoms with Crippen LogP contribution in [0.25, 0.3) is 22.5 Å². The molecule has 0 bridgehead atoms. The van der Waals surface area contributed by atoms with Gasteiger partial charge in [0.15, 0.2) is 0 Å². The van der Waals surface area contributed by atoms with E-state index in [-0.39, 0.29) is 6.42 Å². The van der Waals surface area contributed by atoms with Gasteiger partial charge in [0.1, 0.15) is 17.4 Å². The molecule has 0 saturated heterocycles. The highest BCUT2D eigenvalue weighted by atomic mass is 79.9. The maximum absolute atomic E-state index is 14.0. The van der Waals surface area contributed by atoms with Crippen molar-refractivity contribution in [1.82, 2.24) is 13.5 Å². The van der Waals surface area contributed by atoms with Gasteiger partial charge in [0.05, 0.1) is 4.47 Å². The van der Waals surface area contributed by atoms with Crippen molar-refractivity contribution in [2.45, 2.75) is 25.8 Å². The molecule has 1 atom stereocenters. The maximum Gasteiger partial charge on any atom is 0.324 e. The number of carboxylic acid groups (broad SMARTS) is 1. The molecule has 1 aromatic heterocycles. The summed E-state index contributed by atoms with van der Waals surface area (Å²) in [4.78, 5) is 12.2. The van der Waals surface area contributed by atoms with E-state index in [2.05, 4.69) is 21.0 Å². The van der Waals surface area contributed by atoms with Crippen LogP contribution >= 0.6 is 27.5 Å². The molecule has 37 heavy (non-hydrogen) atoms. The van der Waals surface area contributed by atoms with E-state index in [1.807, 2.05) is 37.3 Å². The minimum Gasteiger partial charge on any atom is -0.480 e. The summed E-state index contributed by atoms with van der Waals surface area (Å²) in [5.74, 6) is -1.26. The summed E-state index contributed by atoms with van der Waals surface area (Å²) >= 11 is 9.62. The van der Waals surface area contributed by atoms with Crippen LogP contribution in [-0.2, 0) is 27.8 Å². The van der Waals surface area contributed by atoms with E-state index >= 15 is 0 Å². The first-order chi connectivity index (χ1) is 17.6. The van der Waals surface area contributed by atoms with Crippen LogP contribution in [-0.4, -0.2) is 46.1 Å². The zero-order chi connectivity index (χ0) is 26.7. The fourth-order valence-electron chi connectivity index (χ4n) is 3.97. The van der Waals surface area contributed by atoms with E-state index in [0.29, 0.717) is 37.6 Å². The minimum absolute atomic E-state index is 0.00108. The number of hydrogen-bond donors (Lipinski definition) is 1. The molecule has 1 N–H and O–H groups in total. The Balaban J connectivity index is 1.86. The Bertz CT molecular complexity index is 1510. The molecule has 4 aromatic rings. The molecular formula is C27H25BrClN3O4S. The van der Waals surface area contributed by atoms with E-state index in [0.717, 1.165) is 20.4 Å². The number of hydrogen-bond acceptors (Lipinski definition) is 4. The van der Waals surface area contributed by atoms with Crippen LogP contribution in [0, 0.1) is 0 Å². The van der Waals surface area contributed by atoms with Crippen LogP contribution < -0.4 is 0 Å². The van der Waals surface area contributed by atoms with Crippen molar-refractivity contribution in [3.8, 4) is 22.5 Å². The van der Waals surface area contributed by atoms with Crippen LogP contribution in [0.5, 0.6) is 0 Å². The van der Waals surface area contributed by atoms with Crippen molar-refractivity contribution in [1.29, 1.82) is 0 Å². The van der Waals surface area contributed by atoms with Gasteiger partial charge in [-0.15, -0.1) is 4.09 Å². The second-order valence-electron chi connectivity index (χ2n) is 8.48. The van der Waals surface area contributed by atoms with Crippen molar-refractivity contribution in [3.05, 3.63) is 99.5 Å². The molecule has 0 amide bonds. The minimum atomic E-state index is -4.41. The average molecular weight is 603 g/mol. The van der Waals surface area contributed by atoms with Gasteiger partial charge in [0.2, 0.25) is 0 Å². The number of likely N-dealkylation sites (N-methyl/N-ethyl adjacent to an activating group) is 1. The van der Waals surface area contributed by atoms with Gasteiger partial charge in [-0.1, -0.05) is 85.3 Å². The molecule has 192 valence electrons. The van der Waals surface area contributed by atoms with Crippen molar-refractivity contribution in [3.63, 3.8) is 0 Å². The third-order valence-corrected chi connectivity index (χ3v) is 8.82. The number of halogens is 2. The van der Waals surface area contributed by atoms with Crippen LogP contribution in [0.2, 0.25) is 5.02 Å². The van der Waals surface area contributed by atoms with Gasteiger partial charge >= 0.3 is 16.2 Å². The van der Waals surface area contributed by atoms with Crippen molar-refractivity contribution in [2.24, 2.45) is 0 Å². The molecule has 0 aliphatic carbocycles. The third kappa shape index (κ3) is 5.65. The largest absolute Gasteiger partial charge is 0.480 e. The standard InChI is InChI=1S/C27H25BrClN3O4S/c1-3-18-9-11-21(12-10-18)26-24(28)25(20-13-15-22(29)16-14-20)30-32(26)37(35,36)31(2)23(27(33)34)17-19-7-5-4-6-8-19/h4-16,23H,3,17H2,1-2H3,(H,33,34)/t23-/m0/s1. The molecule has 7 nitrogen and oxygen atoms in total. The van der Waals surface area contributed by atoms with Gasteiger partial charge in [-0.25, -0.2) is 0 Å². The molecule has 0 spiro atoms. The van der Waals surface area contributed by atoms with Crippen LogP contribution in [0.1, 0.15) is 18.1 Å². The molecule has 0 unspecified atom stereocenters. The zero-order valence-electron chi connectivity index (χ0n) is 20.2. The third-order valence-electron chi connectivity index (χ3n) is 6.13. The van der Waals surface area contributed by atoms with Crippen LogP contribution in [0.4, 0.5) is 0 Å². The van der Waals surface area contributed by atoms with E-state index < -0.39 is 22.2 Å². The van der Waals surface area contributed by atoms with Crippen molar-refractivity contribution in [2.75, 3.05) is 7.05 Å². The van der Waals surface area contributed by atoms with Gasteiger partial charge in [-0.2, -0.15) is 17.8 Å². The Kier molecular flexibility index (Phi) is 8.18. The van der Waals surface area contributed by atoms with E-state index in [1.54, 1.807) is 48.5 Å². The van der Waals surface area contributed by atoms with Gasteiger partial charge in [0.25, 0.3) is 0 Å². The number of aromatic nitrogens is 2. The molecule has 4 rings (SSSR count). The number of aliphatic carboxylic acids is 1. The lowest BCUT2D eigenvalue weighted by atomic mass is 10.1. The second-order valence-corrected chi connectivity index (χ2v) is 11.5. The van der Waals surface area contributed by atoms with Crippen molar-refractivity contribution >= 4 is 43.7 Å². The highest BCUT2D eigenvalue weighted by molar-refractivity contribution is 9.10. The normalized spacial score (nSPS) is 12.6. The Labute approximate surface area is 229 Å². The smallest absolute Gasteiger partial charge is 0.324 e. The number of rotatable bonds is 9. The summed E-state index contributed by atoms with van der Waals surface area (Å²) in [6.45, 7) is 2.03. The summed E-state index contributed by atoms with van der Waals surface area (Å²) < 4.78 is 30.1. The molecule has 0 aliphatic rings. The number of nitrogens with zero attached hydrogens (tertiary/aromatic N) is 3. The molecule has 3 aromatic carbocycles. The zero-order valence-corrected chi connectivity index (χ0v) is 23.3. The molecule has 0 fully saturated rings. The molecule has 1 heterocycles. The monoisotopic (exact) mass is 601 g/mol. The summed E-state index contributed by atoms with van der Waals surface area (Å²) in [7, 11) is -3.15. The quantitative estimate of drug-likeness (QED) is 0.257. The first-order valence-corrected chi connectivity index (χ1v) is 14.1. The van der Waals surface area contributed by atoms with Gasteiger partial charge in [-0.3, -0.25) is 4.79 Å². The summed E-state index contributed by atoms with van der Waals surface area (Å²) in [6, 6.07) is 21.9.